The Kier molecular flexibility index (Phi) is 8.07. The van der Waals surface area contributed by atoms with Crippen molar-refractivity contribution >= 4 is 54.8 Å². The Morgan fingerprint density at radius 2 is 0.923 bits per heavy atom. The van der Waals surface area contributed by atoms with Crippen LogP contribution in [0.5, 0.6) is 0 Å². The molecule has 0 saturated heterocycles. The van der Waals surface area contributed by atoms with Gasteiger partial charge in [-0.2, -0.15) is 0 Å². The lowest BCUT2D eigenvalue weighted by molar-refractivity contribution is 1.06. The van der Waals surface area contributed by atoms with E-state index in [1.165, 1.54) is 48.7 Å². The van der Waals surface area contributed by atoms with E-state index < -0.39 is 0 Å². The number of nitrogens with two attached hydrogens (primary N) is 1. The predicted molar refractivity (Wildman–Crippen MR) is 221 cm³/mol. The number of amidine groups is 2. The van der Waals surface area contributed by atoms with Crippen molar-refractivity contribution in [1.29, 1.82) is 0 Å². The number of rotatable bonds is 6. The molecule has 0 aliphatic heterocycles. The standard InChI is InChI=1S/C49H35N3/c50-48(44-26-14-7-19-37(44)34-17-5-2-6-18-34)52-49(51-32-33-15-3-1-4-16-33)36-29-27-35(28-30-36)45-31-46-40-22-9-8-20-38(40)39-21-10-12-24-42(39)47(46)43-25-13-11-23-41(43)45/h1-31H,32H2,(H2,50,51,52). The van der Waals surface area contributed by atoms with Gasteiger partial charge in [0.15, 0.2) is 5.84 Å². The van der Waals surface area contributed by atoms with E-state index in [0.29, 0.717) is 18.2 Å². The fraction of sp³-hybridized carbons (Fsp3) is 0.0204. The van der Waals surface area contributed by atoms with Crippen molar-refractivity contribution in [3.8, 4) is 22.3 Å². The van der Waals surface area contributed by atoms with Crippen LogP contribution in [0.1, 0.15) is 16.7 Å². The first-order valence-corrected chi connectivity index (χ1v) is 17.7. The lowest BCUT2D eigenvalue weighted by Gasteiger charge is -2.16. The molecule has 9 aromatic rings. The molecule has 0 unspecified atom stereocenters. The second kappa shape index (κ2) is 13.5. The first-order chi connectivity index (χ1) is 25.7. The quantitative estimate of drug-likeness (QED) is 0.107. The molecule has 0 fully saturated rings. The zero-order valence-electron chi connectivity index (χ0n) is 28.6. The summed E-state index contributed by atoms with van der Waals surface area (Å²) < 4.78 is 0. The van der Waals surface area contributed by atoms with Crippen molar-refractivity contribution in [3.63, 3.8) is 0 Å². The molecule has 0 aliphatic carbocycles. The molecular formula is C49H35N3. The maximum atomic E-state index is 6.83. The van der Waals surface area contributed by atoms with Gasteiger partial charge in [0, 0.05) is 11.1 Å². The highest BCUT2D eigenvalue weighted by Gasteiger charge is 2.16. The monoisotopic (exact) mass is 665 g/mol. The molecule has 0 aromatic heterocycles. The van der Waals surface area contributed by atoms with E-state index in [1.807, 2.05) is 54.6 Å². The molecule has 0 spiro atoms. The summed E-state index contributed by atoms with van der Waals surface area (Å²) in [6.45, 7) is 0.491. The average Bonchev–Trinajstić information content (AvgIpc) is 3.22. The Morgan fingerprint density at radius 3 is 1.62 bits per heavy atom. The van der Waals surface area contributed by atoms with Crippen LogP contribution in [0.2, 0.25) is 0 Å². The van der Waals surface area contributed by atoms with E-state index in [0.717, 1.165) is 33.4 Å². The van der Waals surface area contributed by atoms with Crippen LogP contribution >= 0.6 is 0 Å². The van der Waals surface area contributed by atoms with E-state index in [9.17, 15) is 0 Å². The van der Waals surface area contributed by atoms with Crippen LogP contribution < -0.4 is 5.73 Å². The summed E-state index contributed by atoms with van der Waals surface area (Å²) in [5.41, 5.74) is 14.2. The normalized spacial score (nSPS) is 12.2. The molecule has 0 radical (unpaired) electrons. The number of aliphatic imine (C=N–C) groups is 2. The first kappa shape index (κ1) is 31.2. The molecule has 0 aliphatic rings. The second-order valence-corrected chi connectivity index (χ2v) is 13.1. The molecule has 9 aromatic carbocycles. The van der Waals surface area contributed by atoms with Crippen LogP contribution in [0.3, 0.4) is 0 Å². The zero-order valence-corrected chi connectivity index (χ0v) is 28.6. The number of nitrogens with zero attached hydrogens (tertiary/aromatic N) is 2. The molecule has 3 heteroatoms. The topological polar surface area (TPSA) is 50.7 Å². The molecule has 9 rings (SSSR count). The number of benzene rings is 9. The summed E-state index contributed by atoms with van der Waals surface area (Å²) in [6.07, 6.45) is 0. The predicted octanol–water partition coefficient (Wildman–Crippen LogP) is 12.0. The SMILES string of the molecule is NC(=NC(=NCc1ccccc1)c1ccc(-c2cc3c4ccccc4c4ccccc4c3c3ccccc23)cc1)c1ccccc1-c1ccccc1. The van der Waals surface area contributed by atoms with Crippen molar-refractivity contribution in [1.82, 2.24) is 0 Å². The summed E-state index contributed by atoms with van der Waals surface area (Å²) >= 11 is 0. The molecule has 246 valence electrons. The number of fused-ring (bicyclic) bond motifs is 8. The fourth-order valence-electron chi connectivity index (χ4n) is 7.50. The maximum absolute atomic E-state index is 6.83. The van der Waals surface area contributed by atoms with E-state index in [4.69, 9.17) is 15.7 Å². The van der Waals surface area contributed by atoms with Gasteiger partial charge in [-0.15, -0.1) is 0 Å². The largest absolute Gasteiger partial charge is 0.383 e. The third-order valence-electron chi connectivity index (χ3n) is 9.97. The van der Waals surface area contributed by atoms with Gasteiger partial charge in [0.25, 0.3) is 0 Å². The number of hydrogen-bond donors (Lipinski definition) is 1. The van der Waals surface area contributed by atoms with Crippen LogP contribution in [0.25, 0.3) is 65.3 Å². The lowest BCUT2D eigenvalue weighted by Crippen LogP contribution is -2.17. The van der Waals surface area contributed by atoms with E-state index in [1.54, 1.807) is 0 Å². The second-order valence-electron chi connectivity index (χ2n) is 13.1. The highest BCUT2D eigenvalue weighted by molar-refractivity contribution is 6.33. The molecule has 0 heterocycles. The van der Waals surface area contributed by atoms with Gasteiger partial charge in [0.1, 0.15) is 5.84 Å². The molecule has 0 amide bonds. The van der Waals surface area contributed by atoms with Crippen molar-refractivity contribution in [2.45, 2.75) is 6.54 Å². The zero-order chi connectivity index (χ0) is 34.9. The highest BCUT2D eigenvalue weighted by Crippen LogP contribution is 2.42. The van der Waals surface area contributed by atoms with Crippen LogP contribution in [0.4, 0.5) is 0 Å². The molecular weight excluding hydrogens is 631 g/mol. The van der Waals surface area contributed by atoms with Gasteiger partial charge in [0.2, 0.25) is 0 Å². The van der Waals surface area contributed by atoms with E-state index >= 15 is 0 Å². The summed E-state index contributed by atoms with van der Waals surface area (Å²) in [5.74, 6) is 1.02. The fourth-order valence-corrected chi connectivity index (χ4v) is 7.50. The Morgan fingerprint density at radius 1 is 0.423 bits per heavy atom. The van der Waals surface area contributed by atoms with Crippen LogP contribution in [0, 0.1) is 0 Å². The molecule has 0 atom stereocenters. The minimum atomic E-state index is 0.426. The van der Waals surface area contributed by atoms with Crippen LogP contribution in [0.15, 0.2) is 198 Å². The van der Waals surface area contributed by atoms with Gasteiger partial charge in [0.05, 0.1) is 6.54 Å². The van der Waals surface area contributed by atoms with Crippen molar-refractivity contribution in [2.24, 2.45) is 15.7 Å². The molecule has 3 nitrogen and oxygen atoms in total. The van der Waals surface area contributed by atoms with Gasteiger partial charge in [-0.05, 0) is 77.0 Å². The molecule has 0 saturated carbocycles. The van der Waals surface area contributed by atoms with Crippen molar-refractivity contribution in [2.75, 3.05) is 0 Å². The van der Waals surface area contributed by atoms with Crippen molar-refractivity contribution in [3.05, 3.63) is 205 Å². The molecule has 0 bridgehead atoms. The summed E-state index contributed by atoms with van der Waals surface area (Å²) in [6, 6.07) is 66.0. The van der Waals surface area contributed by atoms with E-state index in [-0.39, 0.29) is 0 Å². The molecule has 2 N–H and O–H groups in total. The Hall–Kier alpha value is -6.84. The van der Waals surface area contributed by atoms with E-state index in [2.05, 4.69) is 133 Å². The van der Waals surface area contributed by atoms with Gasteiger partial charge in [-0.25, -0.2) is 4.99 Å². The Labute approximate surface area is 303 Å². The van der Waals surface area contributed by atoms with Crippen molar-refractivity contribution < 1.29 is 0 Å². The molecule has 52 heavy (non-hydrogen) atoms. The summed E-state index contributed by atoms with van der Waals surface area (Å²) in [7, 11) is 0. The van der Waals surface area contributed by atoms with Gasteiger partial charge < -0.3 is 5.73 Å². The maximum Gasteiger partial charge on any atom is 0.157 e. The van der Waals surface area contributed by atoms with Crippen LogP contribution in [-0.4, -0.2) is 11.7 Å². The third kappa shape index (κ3) is 5.69. The van der Waals surface area contributed by atoms with Gasteiger partial charge in [-0.3, -0.25) is 4.99 Å². The average molecular weight is 666 g/mol. The minimum absolute atomic E-state index is 0.426. The number of hydrogen-bond acceptors (Lipinski definition) is 1. The Bertz CT molecular complexity index is 2800. The van der Waals surface area contributed by atoms with Gasteiger partial charge in [-0.1, -0.05) is 182 Å². The Balaban J connectivity index is 1.18. The lowest BCUT2D eigenvalue weighted by atomic mass is 9.87. The van der Waals surface area contributed by atoms with Crippen LogP contribution in [-0.2, 0) is 6.54 Å². The third-order valence-corrected chi connectivity index (χ3v) is 9.97. The summed E-state index contributed by atoms with van der Waals surface area (Å²) in [5, 5.41) is 10.1. The summed E-state index contributed by atoms with van der Waals surface area (Å²) in [4.78, 5) is 10.1. The minimum Gasteiger partial charge on any atom is -0.383 e. The smallest absolute Gasteiger partial charge is 0.157 e. The highest BCUT2D eigenvalue weighted by atomic mass is 15.0. The first-order valence-electron chi connectivity index (χ1n) is 17.7. The van der Waals surface area contributed by atoms with Gasteiger partial charge >= 0.3 is 0 Å².